The van der Waals surface area contributed by atoms with Gasteiger partial charge in [-0.3, -0.25) is 4.99 Å². The van der Waals surface area contributed by atoms with Crippen molar-refractivity contribution < 1.29 is 13.2 Å². The molecule has 1 aromatic rings. The highest BCUT2D eigenvalue weighted by Gasteiger charge is 2.28. The zero-order valence-corrected chi connectivity index (χ0v) is 16.8. The van der Waals surface area contributed by atoms with Crippen molar-refractivity contribution in [3.8, 4) is 5.75 Å². The highest BCUT2D eigenvalue weighted by molar-refractivity contribution is 7.92. The Hall–Kier alpha value is -1.76. The fourth-order valence-corrected chi connectivity index (χ4v) is 2.91. The molecule has 25 heavy (non-hydrogen) atoms. The van der Waals surface area contributed by atoms with Gasteiger partial charge in [-0.15, -0.1) is 0 Å². The molecule has 0 saturated carbocycles. The van der Waals surface area contributed by atoms with Crippen LogP contribution in [0.4, 0.5) is 0 Å². The first-order valence-electron chi connectivity index (χ1n) is 8.57. The van der Waals surface area contributed by atoms with Gasteiger partial charge in [-0.25, -0.2) is 8.42 Å². The van der Waals surface area contributed by atoms with Crippen LogP contribution in [0.2, 0.25) is 0 Å². The van der Waals surface area contributed by atoms with E-state index in [-0.39, 0.29) is 12.3 Å². The molecule has 0 unspecified atom stereocenters. The van der Waals surface area contributed by atoms with Gasteiger partial charge < -0.3 is 15.0 Å². The second-order valence-electron chi connectivity index (χ2n) is 6.75. The summed E-state index contributed by atoms with van der Waals surface area (Å²) in [5.74, 6) is 1.55. The first-order valence-corrected chi connectivity index (χ1v) is 10.2. The molecule has 0 aliphatic carbocycles. The Morgan fingerprint density at radius 1 is 1.24 bits per heavy atom. The average Bonchev–Trinajstić information content (AvgIpc) is 2.53. The molecule has 1 aromatic carbocycles. The Bertz CT molecular complexity index is 637. The Balaban J connectivity index is 2.56. The third-order valence-corrected chi connectivity index (χ3v) is 6.28. The van der Waals surface area contributed by atoms with Gasteiger partial charge >= 0.3 is 0 Å². The summed E-state index contributed by atoms with van der Waals surface area (Å²) >= 11 is 0. The number of nitrogens with one attached hydrogen (secondary N) is 1. The summed E-state index contributed by atoms with van der Waals surface area (Å²) in [5, 5.41) is 3.18. The number of hydrogen-bond donors (Lipinski definition) is 1. The molecule has 0 atom stereocenters. The molecule has 0 bridgehead atoms. The molecule has 1 rings (SSSR count). The Kier molecular flexibility index (Phi) is 8.22. The number of benzene rings is 1. The van der Waals surface area contributed by atoms with E-state index in [2.05, 4.69) is 10.3 Å². The lowest BCUT2D eigenvalue weighted by molar-refractivity contribution is 0.281. The van der Waals surface area contributed by atoms with Crippen LogP contribution in [-0.2, 0) is 9.84 Å². The summed E-state index contributed by atoms with van der Waals surface area (Å²) in [6, 6.07) is 9.63. The minimum absolute atomic E-state index is 0.0414. The molecule has 0 heterocycles. The molecule has 0 fully saturated rings. The van der Waals surface area contributed by atoms with Gasteiger partial charge in [-0.05, 0) is 39.8 Å². The number of hydrogen-bond acceptors (Lipinski definition) is 4. The maximum atomic E-state index is 12.2. The van der Waals surface area contributed by atoms with Gasteiger partial charge in [0.15, 0.2) is 15.8 Å². The molecule has 6 nitrogen and oxygen atoms in total. The van der Waals surface area contributed by atoms with Gasteiger partial charge in [0, 0.05) is 13.6 Å². The number of aliphatic imine (C=N–C) groups is 1. The standard InChI is InChI=1S/C18H31N3O3S/c1-6-19-17(20-12-15-25(22,23)18(2,3)4)21(5)13-14-24-16-10-8-7-9-11-16/h7-11H,6,12-15H2,1-5H3,(H,19,20). The monoisotopic (exact) mass is 369 g/mol. The highest BCUT2D eigenvalue weighted by atomic mass is 32.2. The normalized spacial score (nSPS) is 12.8. The minimum Gasteiger partial charge on any atom is -0.492 e. The lowest BCUT2D eigenvalue weighted by Gasteiger charge is -2.23. The van der Waals surface area contributed by atoms with Crippen molar-refractivity contribution >= 4 is 15.8 Å². The van der Waals surface area contributed by atoms with Gasteiger partial charge in [0.25, 0.3) is 0 Å². The predicted octanol–water partition coefficient (Wildman–Crippen LogP) is 2.18. The van der Waals surface area contributed by atoms with Crippen molar-refractivity contribution in [1.82, 2.24) is 10.2 Å². The second kappa shape index (κ2) is 9.65. The van der Waals surface area contributed by atoms with E-state index in [0.29, 0.717) is 19.1 Å². The van der Waals surface area contributed by atoms with Gasteiger partial charge in [0.05, 0.1) is 23.6 Å². The van der Waals surface area contributed by atoms with Gasteiger partial charge in [0.1, 0.15) is 12.4 Å². The van der Waals surface area contributed by atoms with Crippen LogP contribution in [0, 0.1) is 0 Å². The summed E-state index contributed by atoms with van der Waals surface area (Å²) in [6.07, 6.45) is 0. The molecule has 1 N–H and O–H groups in total. The second-order valence-corrected chi connectivity index (χ2v) is 9.61. The van der Waals surface area contributed by atoms with E-state index < -0.39 is 14.6 Å². The van der Waals surface area contributed by atoms with Crippen molar-refractivity contribution in [3.63, 3.8) is 0 Å². The average molecular weight is 370 g/mol. The van der Waals surface area contributed by atoms with E-state index >= 15 is 0 Å². The van der Waals surface area contributed by atoms with Crippen LogP contribution in [0.5, 0.6) is 5.75 Å². The van der Waals surface area contributed by atoms with Gasteiger partial charge in [-0.1, -0.05) is 18.2 Å². The largest absolute Gasteiger partial charge is 0.492 e. The van der Waals surface area contributed by atoms with E-state index in [1.807, 2.05) is 49.2 Å². The Labute approximate surface area is 152 Å². The summed E-state index contributed by atoms with van der Waals surface area (Å²) < 4.78 is 29.3. The first kappa shape index (κ1) is 21.3. The molecule has 0 amide bonds. The van der Waals surface area contributed by atoms with Crippen molar-refractivity contribution in [1.29, 1.82) is 0 Å². The van der Waals surface area contributed by atoms with Crippen molar-refractivity contribution in [2.45, 2.75) is 32.4 Å². The SMILES string of the molecule is CCNC(=NCCS(=O)(=O)C(C)(C)C)N(C)CCOc1ccccc1. The predicted molar refractivity (Wildman–Crippen MR) is 104 cm³/mol. The van der Waals surface area contributed by atoms with Crippen LogP contribution in [0.15, 0.2) is 35.3 Å². The van der Waals surface area contributed by atoms with Crippen LogP contribution in [0.3, 0.4) is 0 Å². The van der Waals surface area contributed by atoms with E-state index in [1.165, 1.54) is 0 Å². The van der Waals surface area contributed by atoms with E-state index in [1.54, 1.807) is 20.8 Å². The number of guanidine groups is 1. The molecule has 7 heteroatoms. The quantitative estimate of drug-likeness (QED) is 0.562. The summed E-state index contributed by atoms with van der Waals surface area (Å²) in [4.78, 5) is 6.38. The van der Waals surface area contributed by atoms with Crippen molar-refractivity contribution in [2.75, 3.05) is 39.0 Å². The zero-order chi connectivity index (χ0) is 18.9. The molecule has 0 aromatic heterocycles. The van der Waals surface area contributed by atoms with Crippen molar-refractivity contribution in [3.05, 3.63) is 30.3 Å². The molecular weight excluding hydrogens is 338 g/mol. The van der Waals surface area contributed by atoms with E-state index in [4.69, 9.17) is 4.74 Å². The van der Waals surface area contributed by atoms with Gasteiger partial charge in [-0.2, -0.15) is 0 Å². The van der Waals surface area contributed by atoms with Crippen LogP contribution in [-0.4, -0.2) is 63.1 Å². The fraction of sp³-hybridized carbons (Fsp3) is 0.611. The summed E-state index contributed by atoms with van der Waals surface area (Å²) in [5.41, 5.74) is 0. The molecule has 142 valence electrons. The molecule has 0 aliphatic heterocycles. The van der Waals surface area contributed by atoms with Crippen LogP contribution in [0.1, 0.15) is 27.7 Å². The summed E-state index contributed by atoms with van der Waals surface area (Å²) in [7, 11) is -1.25. The first-order chi connectivity index (χ1) is 11.7. The van der Waals surface area contributed by atoms with Crippen LogP contribution < -0.4 is 10.1 Å². The molecule has 0 spiro atoms. The number of likely N-dealkylation sites (N-methyl/N-ethyl adjacent to an activating group) is 1. The number of rotatable bonds is 8. The van der Waals surface area contributed by atoms with E-state index in [0.717, 1.165) is 12.3 Å². The number of nitrogens with zero attached hydrogens (tertiary/aromatic N) is 2. The smallest absolute Gasteiger partial charge is 0.193 e. The maximum Gasteiger partial charge on any atom is 0.193 e. The number of sulfone groups is 1. The Morgan fingerprint density at radius 2 is 1.88 bits per heavy atom. The summed E-state index contributed by atoms with van der Waals surface area (Å²) in [6.45, 7) is 9.24. The molecular formula is C18H31N3O3S. The maximum absolute atomic E-state index is 12.2. The zero-order valence-electron chi connectivity index (χ0n) is 15.9. The van der Waals surface area contributed by atoms with E-state index in [9.17, 15) is 8.42 Å². The lowest BCUT2D eigenvalue weighted by Crippen LogP contribution is -2.41. The third kappa shape index (κ3) is 7.34. The minimum atomic E-state index is -3.17. The lowest BCUT2D eigenvalue weighted by atomic mass is 10.3. The molecule has 0 saturated heterocycles. The topological polar surface area (TPSA) is 71.0 Å². The van der Waals surface area contributed by atoms with Crippen molar-refractivity contribution in [2.24, 2.45) is 4.99 Å². The van der Waals surface area contributed by atoms with Crippen LogP contribution in [0.25, 0.3) is 0 Å². The number of para-hydroxylation sites is 1. The molecule has 0 aliphatic rings. The number of ether oxygens (including phenoxy) is 1. The third-order valence-electron chi connectivity index (χ3n) is 3.69. The highest BCUT2D eigenvalue weighted by Crippen LogP contribution is 2.15. The Morgan fingerprint density at radius 3 is 2.44 bits per heavy atom. The van der Waals surface area contributed by atoms with Crippen LogP contribution >= 0.6 is 0 Å². The fourth-order valence-electron chi connectivity index (χ4n) is 1.97. The molecule has 0 radical (unpaired) electrons. The van der Waals surface area contributed by atoms with Gasteiger partial charge in [0.2, 0.25) is 0 Å².